The van der Waals surface area contributed by atoms with E-state index in [-0.39, 0.29) is 43.1 Å². The lowest BCUT2D eigenvalue weighted by molar-refractivity contribution is -0.136. The number of phenols is 1. The predicted octanol–water partition coefficient (Wildman–Crippen LogP) is 1.22. The monoisotopic (exact) mass is 1100 g/mol. The molecule has 0 aliphatic heterocycles. The van der Waals surface area contributed by atoms with Crippen LogP contribution in [0, 0.1) is 5.92 Å². The number of H-pyrrole nitrogens is 1. The van der Waals surface area contributed by atoms with Crippen molar-refractivity contribution in [3.8, 4) is 5.75 Å². The van der Waals surface area contributed by atoms with E-state index in [0.29, 0.717) is 29.7 Å². The molecule has 5 aromatic rings. The fourth-order valence-electron chi connectivity index (χ4n) is 8.40. The lowest BCUT2D eigenvalue weighted by Crippen LogP contribution is -2.61. The molecule has 0 saturated heterocycles. The number of anilines is 1. The third-order valence-electron chi connectivity index (χ3n) is 12.8. The van der Waals surface area contributed by atoms with Gasteiger partial charge in [0.25, 0.3) is 0 Å². The van der Waals surface area contributed by atoms with Gasteiger partial charge in [0.1, 0.15) is 54.1 Å². The van der Waals surface area contributed by atoms with E-state index in [1.54, 1.807) is 39.1 Å². The summed E-state index contributed by atoms with van der Waals surface area (Å²) in [7, 11) is 0. The smallest absolute Gasteiger partial charge is 0.244 e. The number of aromatic amines is 1. The summed E-state index contributed by atoms with van der Waals surface area (Å²) in [5.41, 5.74) is 13.7. The second kappa shape index (κ2) is 29.3. The minimum atomic E-state index is -1.46. The minimum absolute atomic E-state index is 0.0399. The first-order valence-electron chi connectivity index (χ1n) is 25.3. The zero-order valence-corrected chi connectivity index (χ0v) is 45.2. The zero-order valence-electron chi connectivity index (χ0n) is 43.4. The van der Waals surface area contributed by atoms with Crippen molar-refractivity contribution in [3.05, 3.63) is 108 Å². The number of para-hydroxylation sites is 1. The van der Waals surface area contributed by atoms with Crippen molar-refractivity contribution in [3.63, 3.8) is 0 Å². The van der Waals surface area contributed by atoms with Crippen LogP contribution in [0.3, 0.4) is 0 Å². The Morgan fingerprint density at radius 2 is 1.12 bits per heavy atom. The summed E-state index contributed by atoms with van der Waals surface area (Å²) in [5.74, 6) is -7.30. The lowest BCUT2D eigenvalue weighted by Gasteiger charge is -2.29. The number of amides is 8. The minimum Gasteiger partial charge on any atom is -0.508 e. The van der Waals surface area contributed by atoms with Crippen LogP contribution in [0.2, 0.25) is 0 Å². The Hall–Kier alpha value is -7.34. The summed E-state index contributed by atoms with van der Waals surface area (Å²) >= 11 is 8.56. The molecule has 0 fully saturated rings. The van der Waals surface area contributed by atoms with Gasteiger partial charge in [-0.05, 0) is 97.8 Å². The first-order valence-corrected chi connectivity index (χ1v) is 26.6. The molecule has 414 valence electrons. The SMILES string of the molecule is CC(C)[C@H](NC(=O)[C@H](CCCCN)NC(=O)[C@H](Cc1c[nH]c2ccccc12)NC(=O)[C@H](Cc1ccc(O)cc1)NC(=O)[C@H](CS)NC(=O)[C@H](C)Nc1ccc2ccccc2c1)C(=O)N[C@@H](CS)C(=O)N[C@H](C(N)=O)[C@@H](C)O. The molecule has 15 N–H and O–H groups in total. The van der Waals surface area contributed by atoms with Crippen LogP contribution in [0.4, 0.5) is 5.69 Å². The Balaban J connectivity index is 1.39. The van der Waals surface area contributed by atoms with E-state index in [1.165, 1.54) is 19.1 Å². The highest BCUT2D eigenvalue weighted by molar-refractivity contribution is 7.80. The van der Waals surface area contributed by atoms with Gasteiger partial charge in [0.2, 0.25) is 47.3 Å². The van der Waals surface area contributed by atoms with Crippen LogP contribution >= 0.6 is 25.3 Å². The van der Waals surface area contributed by atoms with Crippen LogP contribution in [0.15, 0.2) is 97.2 Å². The molecule has 8 amide bonds. The van der Waals surface area contributed by atoms with Gasteiger partial charge in [0.15, 0.2) is 0 Å². The molecule has 0 bridgehead atoms. The number of hydrogen-bond acceptors (Lipinski definition) is 14. The summed E-state index contributed by atoms with van der Waals surface area (Å²) in [6.07, 6.45) is 0.993. The molecule has 4 aromatic carbocycles. The van der Waals surface area contributed by atoms with E-state index in [4.69, 9.17) is 11.5 Å². The highest BCUT2D eigenvalue weighted by Crippen LogP contribution is 2.22. The molecule has 77 heavy (non-hydrogen) atoms. The predicted molar refractivity (Wildman–Crippen MR) is 301 cm³/mol. The quantitative estimate of drug-likeness (QED) is 0.0238. The standard InChI is InChI=1S/C54H71N11O10S2/c1-29(2)45(54(75)63-44(28-77)53(74)65-46(31(4)66)47(56)68)64-49(70)40(15-9-10-22-55)59-51(72)42(25-35-26-57-39-14-8-7-13-38(35)39)61-50(71)41(23-32-16-20-37(67)21-17-32)60-52(73)43(27-76)62-48(69)30(3)58-36-19-18-33-11-5-6-12-34(33)24-36/h5-8,11-14,16-21,24,26,29-31,40-46,57-58,66-67,76-77H,9-10,15,22-23,25,27-28,55H2,1-4H3,(H2,56,68)(H,59,72)(H,60,73)(H,61,71)(H,62,69)(H,63,75)(H,64,70)(H,65,74)/t30-,31+,40-,41-,42-,43-,44-,45-,46-/m0/s1. The molecular formula is C54H71N11O10S2. The summed E-state index contributed by atoms with van der Waals surface area (Å²) in [6, 6.07) is 16.6. The van der Waals surface area contributed by atoms with E-state index in [1.807, 2.05) is 66.7 Å². The Kier molecular flexibility index (Phi) is 23.0. The average molecular weight is 1100 g/mol. The number of nitrogens with two attached hydrogens (primary N) is 2. The van der Waals surface area contributed by atoms with Gasteiger partial charge in [-0.25, -0.2) is 0 Å². The van der Waals surface area contributed by atoms with E-state index in [0.717, 1.165) is 21.7 Å². The van der Waals surface area contributed by atoms with Gasteiger partial charge >= 0.3 is 0 Å². The maximum atomic E-state index is 14.8. The third-order valence-corrected chi connectivity index (χ3v) is 13.5. The fraction of sp³-hybridized carbons (Fsp3) is 0.407. The van der Waals surface area contributed by atoms with Gasteiger partial charge in [-0.1, -0.05) is 74.5 Å². The molecular weight excluding hydrogens is 1030 g/mol. The first kappa shape index (κ1) is 60.5. The molecule has 5 rings (SSSR count). The number of primary amides is 1. The van der Waals surface area contributed by atoms with Crippen molar-refractivity contribution < 1.29 is 48.6 Å². The van der Waals surface area contributed by atoms with Gasteiger partial charge in [-0.15, -0.1) is 0 Å². The van der Waals surface area contributed by atoms with Gasteiger partial charge in [0, 0.05) is 47.1 Å². The average Bonchev–Trinajstić information content (AvgIpc) is 3.82. The summed E-state index contributed by atoms with van der Waals surface area (Å²) in [5, 5.41) is 44.5. The Bertz CT molecular complexity index is 2850. The van der Waals surface area contributed by atoms with Crippen LogP contribution < -0.4 is 54.0 Å². The second-order valence-electron chi connectivity index (χ2n) is 19.2. The van der Waals surface area contributed by atoms with E-state index in [2.05, 4.69) is 72.8 Å². The number of aromatic nitrogens is 1. The molecule has 0 aliphatic rings. The second-order valence-corrected chi connectivity index (χ2v) is 19.9. The number of carbonyl (C=O) groups is 8. The van der Waals surface area contributed by atoms with Gasteiger partial charge in [-0.2, -0.15) is 25.3 Å². The first-order chi connectivity index (χ1) is 36.7. The summed E-state index contributed by atoms with van der Waals surface area (Å²) < 4.78 is 0. The van der Waals surface area contributed by atoms with E-state index < -0.39 is 108 Å². The lowest BCUT2D eigenvalue weighted by atomic mass is 10.00. The highest BCUT2D eigenvalue weighted by Gasteiger charge is 2.36. The van der Waals surface area contributed by atoms with Crippen LogP contribution in [-0.2, 0) is 51.2 Å². The van der Waals surface area contributed by atoms with Crippen molar-refractivity contribution in [1.29, 1.82) is 0 Å². The number of hydrogen-bond donors (Lipinski definition) is 15. The molecule has 1 heterocycles. The number of benzene rings is 4. The van der Waals surface area contributed by atoms with E-state index in [9.17, 15) is 48.6 Å². The largest absolute Gasteiger partial charge is 0.508 e. The topological polar surface area (TPSA) is 341 Å². The van der Waals surface area contributed by atoms with Crippen molar-refractivity contribution in [2.75, 3.05) is 23.4 Å². The Morgan fingerprint density at radius 3 is 1.73 bits per heavy atom. The number of aliphatic hydroxyl groups is 1. The number of thiol groups is 2. The third kappa shape index (κ3) is 17.6. The number of fused-ring (bicyclic) bond motifs is 2. The van der Waals surface area contributed by atoms with Crippen LogP contribution in [0.25, 0.3) is 21.7 Å². The molecule has 0 radical (unpaired) electrons. The summed E-state index contributed by atoms with van der Waals surface area (Å²) in [4.78, 5) is 113. The molecule has 21 nitrogen and oxygen atoms in total. The van der Waals surface area contributed by atoms with Gasteiger partial charge in [-0.3, -0.25) is 38.4 Å². The van der Waals surface area contributed by atoms with Gasteiger partial charge in [0.05, 0.1) is 6.10 Å². The number of aliphatic hydroxyl groups excluding tert-OH is 1. The highest BCUT2D eigenvalue weighted by atomic mass is 32.1. The molecule has 0 saturated carbocycles. The van der Waals surface area contributed by atoms with Crippen LogP contribution in [-0.4, -0.2) is 135 Å². The normalized spacial score (nSPS) is 14.8. The molecule has 1 aromatic heterocycles. The van der Waals surface area contributed by atoms with Crippen molar-refractivity contribution in [2.45, 2.75) is 114 Å². The zero-order chi connectivity index (χ0) is 56.3. The number of rotatable bonds is 29. The van der Waals surface area contributed by atoms with Crippen LogP contribution in [0.1, 0.15) is 58.1 Å². The molecule has 0 unspecified atom stereocenters. The Morgan fingerprint density at radius 1 is 0.584 bits per heavy atom. The number of unbranched alkanes of at least 4 members (excludes halogenated alkanes) is 1. The maximum absolute atomic E-state index is 14.8. The van der Waals surface area contributed by atoms with Crippen molar-refractivity contribution >= 4 is 99.9 Å². The van der Waals surface area contributed by atoms with Crippen molar-refractivity contribution in [2.24, 2.45) is 17.4 Å². The number of aromatic hydroxyl groups is 1. The van der Waals surface area contributed by atoms with Gasteiger partial charge < -0.3 is 69.2 Å². The summed E-state index contributed by atoms with van der Waals surface area (Å²) in [6.45, 7) is 6.46. The number of phenolic OH excluding ortho intramolecular Hbond substituents is 1. The maximum Gasteiger partial charge on any atom is 0.244 e. The Labute approximate surface area is 457 Å². The number of carbonyl (C=O) groups excluding carboxylic acids is 8. The molecule has 0 spiro atoms. The molecule has 9 atom stereocenters. The fourth-order valence-corrected chi connectivity index (χ4v) is 8.91. The number of nitrogens with one attached hydrogen (secondary N) is 9. The van der Waals surface area contributed by atoms with Crippen molar-refractivity contribution in [1.82, 2.24) is 42.2 Å². The molecule has 0 aliphatic carbocycles. The van der Waals surface area contributed by atoms with Crippen LogP contribution in [0.5, 0.6) is 5.75 Å². The molecule has 23 heteroatoms. The van der Waals surface area contributed by atoms with E-state index >= 15 is 0 Å².